The Morgan fingerprint density at radius 2 is 1.69 bits per heavy atom. The number of aryl methyl sites for hydroxylation is 1. The van der Waals surface area contributed by atoms with Crippen LogP contribution in [-0.2, 0) is 17.6 Å². The van der Waals surface area contributed by atoms with Crippen molar-refractivity contribution >= 4 is 11.6 Å². The van der Waals surface area contributed by atoms with Crippen LogP contribution in [0.4, 0.5) is 5.69 Å². The monoisotopic (exact) mass is 350 g/mol. The van der Waals surface area contributed by atoms with Gasteiger partial charge in [0.15, 0.2) is 0 Å². The van der Waals surface area contributed by atoms with Gasteiger partial charge in [-0.3, -0.25) is 4.79 Å². The lowest BCUT2D eigenvalue weighted by molar-refractivity contribution is -0.120. The minimum Gasteiger partial charge on any atom is -0.372 e. The van der Waals surface area contributed by atoms with Crippen molar-refractivity contribution in [3.63, 3.8) is 0 Å². The summed E-state index contributed by atoms with van der Waals surface area (Å²) in [5, 5.41) is 3.04. The van der Waals surface area contributed by atoms with Crippen molar-refractivity contribution in [2.75, 3.05) is 24.5 Å². The second-order valence-electron chi connectivity index (χ2n) is 7.33. The lowest BCUT2D eigenvalue weighted by atomic mass is 10.1. The van der Waals surface area contributed by atoms with E-state index in [0.717, 1.165) is 12.0 Å². The number of benzene rings is 2. The number of amides is 1. The first kappa shape index (κ1) is 18.5. The third-order valence-corrected chi connectivity index (χ3v) is 5.09. The fourth-order valence-corrected chi connectivity index (χ4v) is 3.62. The van der Waals surface area contributed by atoms with E-state index in [4.69, 9.17) is 0 Å². The van der Waals surface area contributed by atoms with Gasteiger partial charge >= 0.3 is 0 Å². The van der Waals surface area contributed by atoms with E-state index in [-0.39, 0.29) is 5.91 Å². The highest BCUT2D eigenvalue weighted by Gasteiger charge is 2.09. The fraction of sp³-hybridized carbons (Fsp3) is 0.435. The van der Waals surface area contributed by atoms with Gasteiger partial charge in [0.25, 0.3) is 0 Å². The molecule has 1 N–H and O–H groups in total. The molecule has 26 heavy (non-hydrogen) atoms. The van der Waals surface area contributed by atoms with Crippen molar-refractivity contribution in [1.82, 2.24) is 5.32 Å². The molecule has 1 aliphatic heterocycles. The highest BCUT2D eigenvalue weighted by atomic mass is 16.1. The molecule has 1 heterocycles. The van der Waals surface area contributed by atoms with Crippen molar-refractivity contribution in [3.05, 3.63) is 65.2 Å². The van der Waals surface area contributed by atoms with E-state index in [1.54, 1.807) is 0 Å². The molecule has 0 radical (unpaired) electrons. The van der Waals surface area contributed by atoms with Crippen LogP contribution in [0.3, 0.4) is 0 Å². The average Bonchev–Trinajstić information content (AvgIpc) is 2.92. The van der Waals surface area contributed by atoms with E-state index in [0.29, 0.717) is 13.0 Å². The number of hydrogen-bond acceptors (Lipinski definition) is 2. The van der Waals surface area contributed by atoms with Gasteiger partial charge < -0.3 is 10.2 Å². The third kappa shape index (κ3) is 5.62. The predicted octanol–water partition coefficient (Wildman–Crippen LogP) is 4.28. The molecule has 3 heteroatoms. The first-order valence-electron chi connectivity index (χ1n) is 9.87. The minimum absolute atomic E-state index is 0.0942. The zero-order valence-electron chi connectivity index (χ0n) is 15.8. The molecular weight excluding hydrogens is 320 g/mol. The second-order valence-corrected chi connectivity index (χ2v) is 7.33. The summed E-state index contributed by atoms with van der Waals surface area (Å²) in [6, 6.07) is 17.0. The van der Waals surface area contributed by atoms with Crippen molar-refractivity contribution < 1.29 is 4.79 Å². The lowest BCUT2D eigenvalue weighted by Gasteiger charge is -2.22. The molecule has 1 saturated heterocycles. The minimum atomic E-state index is 0.0942. The first-order valence-corrected chi connectivity index (χ1v) is 9.87. The summed E-state index contributed by atoms with van der Waals surface area (Å²) in [6.07, 6.45) is 6.65. The molecule has 0 aromatic heterocycles. The zero-order valence-corrected chi connectivity index (χ0v) is 15.8. The number of carbonyl (C=O) groups is 1. The Bertz CT molecular complexity index is 700. The normalized spacial score (nSPS) is 14.7. The largest absolute Gasteiger partial charge is 0.372 e. The van der Waals surface area contributed by atoms with Crippen molar-refractivity contribution in [2.45, 2.75) is 45.4 Å². The van der Waals surface area contributed by atoms with Gasteiger partial charge in [-0.15, -0.1) is 0 Å². The van der Waals surface area contributed by atoms with E-state index >= 15 is 0 Å². The number of hydrogen-bond donors (Lipinski definition) is 1. The van der Waals surface area contributed by atoms with Gasteiger partial charge in [-0.1, -0.05) is 54.8 Å². The maximum absolute atomic E-state index is 12.1. The van der Waals surface area contributed by atoms with Crippen LogP contribution in [0.25, 0.3) is 0 Å². The molecule has 1 amide bonds. The highest BCUT2D eigenvalue weighted by Crippen LogP contribution is 2.20. The molecule has 138 valence electrons. The molecular formula is C23H30N2O. The topological polar surface area (TPSA) is 32.3 Å². The Balaban J connectivity index is 1.43. The van der Waals surface area contributed by atoms with Crippen LogP contribution in [0.1, 0.15) is 42.4 Å². The van der Waals surface area contributed by atoms with Crippen LogP contribution in [0.5, 0.6) is 0 Å². The van der Waals surface area contributed by atoms with E-state index in [9.17, 15) is 4.79 Å². The standard InChI is InChI=1S/C23H30N2O/c1-19-7-6-8-21(17-19)18-23(26)24-14-13-20-9-11-22(12-10-20)25-15-4-2-3-5-16-25/h6-12,17H,2-5,13-16,18H2,1H3,(H,24,26). The number of nitrogens with zero attached hydrogens (tertiary/aromatic N) is 1. The predicted molar refractivity (Wildman–Crippen MR) is 109 cm³/mol. The lowest BCUT2D eigenvalue weighted by Crippen LogP contribution is -2.27. The van der Waals surface area contributed by atoms with Gasteiger partial charge in [0.05, 0.1) is 6.42 Å². The van der Waals surface area contributed by atoms with Crippen LogP contribution < -0.4 is 10.2 Å². The van der Waals surface area contributed by atoms with E-state index in [1.165, 1.54) is 55.6 Å². The van der Waals surface area contributed by atoms with E-state index < -0.39 is 0 Å². The molecule has 0 saturated carbocycles. The summed E-state index contributed by atoms with van der Waals surface area (Å²) in [5.74, 6) is 0.0942. The summed E-state index contributed by atoms with van der Waals surface area (Å²) >= 11 is 0. The number of carbonyl (C=O) groups excluding carboxylic acids is 1. The summed E-state index contributed by atoms with van der Waals surface area (Å²) in [4.78, 5) is 14.6. The second kappa shape index (κ2) is 9.42. The molecule has 0 spiro atoms. The Morgan fingerprint density at radius 1 is 0.962 bits per heavy atom. The van der Waals surface area contributed by atoms with Gasteiger partial charge in [-0.2, -0.15) is 0 Å². The molecule has 3 rings (SSSR count). The summed E-state index contributed by atoms with van der Waals surface area (Å²) < 4.78 is 0. The van der Waals surface area contributed by atoms with Gasteiger partial charge in [-0.25, -0.2) is 0 Å². The third-order valence-electron chi connectivity index (χ3n) is 5.09. The molecule has 2 aromatic carbocycles. The van der Waals surface area contributed by atoms with Gasteiger partial charge in [0.1, 0.15) is 0 Å². The molecule has 0 bridgehead atoms. The van der Waals surface area contributed by atoms with Crippen molar-refractivity contribution in [2.24, 2.45) is 0 Å². The average molecular weight is 351 g/mol. The summed E-state index contributed by atoms with van der Waals surface area (Å²) in [5.41, 5.74) is 4.88. The van der Waals surface area contributed by atoms with Crippen LogP contribution in [0, 0.1) is 6.92 Å². The Morgan fingerprint density at radius 3 is 2.38 bits per heavy atom. The Kier molecular flexibility index (Phi) is 6.70. The molecule has 0 unspecified atom stereocenters. The van der Waals surface area contributed by atoms with Crippen molar-refractivity contribution in [1.29, 1.82) is 0 Å². The molecule has 1 fully saturated rings. The number of anilines is 1. The summed E-state index contributed by atoms with van der Waals surface area (Å²) in [7, 11) is 0. The Hall–Kier alpha value is -2.29. The van der Waals surface area contributed by atoms with Crippen LogP contribution in [-0.4, -0.2) is 25.5 Å². The highest BCUT2D eigenvalue weighted by molar-refractivity contribution is 5.78. The number of rotatable bonds is 6. The Labute approximate surface area is 157 Å². The summed E-state index contributed by atoms with van der Waals surface area (Å²) in [6.45, 7) is 5.09. The number of nitrogens with one attached hydrogen (secondary N) is 1. The van der Waals surface area contributed by atoms with Gasteiger partial charge in [0, 0.05) is 25.3 Å². The fourth-order valence-electron chi connectivity index (χ4n) is 3.62. The van der Waals surface area contributed by atoms with Crippen molar-refractivity contribution in [3.8, 4) is 0 Å². The van der Waals surface area contributed by atoms with E-state index in [1.807, 2.05) is 12.1 Å². The van der Waals surface area contributed by atoms with Gasteiger partial charge in [-0.05, 0) is 49.4 Å². The molecule has 1 aliphatic rings. The first-order chi connectivity index (χ1) is 12.7. The SMILES string of the molecule is Cc1cccc(CC(=O)NCCc2ccc(N3CCCCCC3)cc2)c1. The molecule has 2 aromatic rings. The van der Waals surface area contributed by atoms with Crippen LogP contribution in [0.15, 0.2) is 48.5 Å². The van der Waals surface area contributed by atoms with Crippen LogP contribution in [0.2, 0.25) is 0 Å². The maximum Gasteiger partial charge on any atom is 0.224 e. The molecule has 0 atom stereocenters. The smallest absolute Gasteiger partial charge is 0.224 e. The van der Waals surface area contributed by atoms with E-state index in [2.05, 4.69) is 53.5 Å². The zero-order chi connectivity index (χ0) is 18.2. The molecule has 3 nitrogen and oxygen atoms in total. The van der Waals surface area contributed by atoms with Gasteiger partial charge in [0.2, 0.25) is 5.91 Å². The molecule has 0 aliphatic carbocycles. The van der Waals surface area contributed by atoms with Crippen LogP contribution >= 0.6 is 0 Å². The quantitative estimate of drug-likeness (QED) is 0.843. The maximum atomic E-state index is 12.1.